The lowest BCUT2D eigenvalue weighted by Gasteiger charge is -2.25. The van der Waals surface area contributed by atoms with Crippen LogP contribution < -0.4 is 10.2 Å². The predicted octanol–water partition coefficient (Wildman–Crippen LogP) is 13.4. The first kappa shape index (κ1) is 42.8. The lowest BCUT2D eigenvalue weighted by atomic mass is 10.1. The third kappa shape index (κ3) is 20.3. The first-order chi connectivity index (χ1) is 25.4. The Labute approximate surface area is 312 Å². The number of hydrogen-bond acceptors (Lipinski definition) is 4. The van der Waals surface area contributed by atoms with Crippen LogP contribution in [0.4, 0.5) is 28.4 Å². The van der Waals surface area contributed by atoms with Gasteiger partial charge in [0.05, 0.1) is 0 Å². The van der Waals surface area contributed by atoms with E-state index in [2.05, 4.69) is 96.9 Å². The molecule has 0 aromatic heterocycles. The smallest absolute Gasteiger partial charge is 0.303 e. The molecule has 5 rings (SSSR count). The Morgan fingerprint density at radius 3 is 0.962 bits per heavy atom. The van der Waals surface area contributed by atoms with Crippen molar-refractivity contribution in [2.45, 2.75) is 90.9 Å². The zero-order chi connectivity index (χ0) is 37.5. The Kier molecular flexibility index (Phi) is 23.3. The molecule has 5 aromatic rings. The van der Waals surface area contributed by atoms with Crippen molar-refractivity contribution in [2.75, 3.05) is 10.2 Å². The van der Waals surface area contributed by atoms with Crippen molar-refractivity contribution in [3.63, 3.8) is 0 Å². The van der Waals surface area contributed by atoms with E-state index in [4.69, 9.17) is 10.2 Å². The summed E-state index contributed by atoms with van der Waals surface area (Å²) in [6.45, 7) is 4.30. The highest BCUT2D eigenvalue weighted by molar-refractivity contribution is 5.76. The molecular formula is C46H58N2O4. The number of aliphatic carboxylic acids is 2. The van der Waals surface area contributed by atoms with Crippen LogP contribution in [0, 0.1) is 0 Å². The summed E-state index contributed by atoms with van der Waals surface area (Å²) in [6, 6.07) is 51.5. The summed E-state index contributed by atoms with van der Waals surface area (Å²) in [5.74, 6) is -1.34. The number of para-hydroxylation sites is 5. The first-order valence-corrected chi connectivity index (χ1v) is 18.7. The van der Waals surface area contributed by atoms with Gasteiger partial charge >= 0.3 is 11.9 Å². The van der Waals surface area contributed by atoms with Gasteiger partial charge in [-0.15, -0.1) is 0 Å². The van der Waals surface area contributed by atoms with Crippen LogP contribution in [0.1, 0.15) is 90.9 Å². The van der Waals surface area contributed by atoms with E-state index < -0.39 is 11.9 Å². The molecule has 0 saturated heterocycles. The standard InChI is InChI=1S/C18H15N.C12H11N.2C8H16O2/c1-4-10-16(11-5-1)19(17-12-6-2-7-13-17)18-14-8-3-9-15-18;1-3-7-11(8-4-1)13-12-9-5-2-6-10-12;2*1-2-3-4-5-6-7-8(9)10/h1-15H;1-10,13H;2*2-7H2,1H3,(H,9,10). The van der Waals surface area contributed by atoms with E-state index in [9.17, 15) is 9.59 Å². The van der Waals surface area contributed by atoms with Crippen molar-refractivity contribution in [2.24, 2.45) is 0 Å². The van der Waals surface area contributed by atoms with E-state index in [1.807, 2.05) is 78.9 Å². The van der Waals surface area contributed by atoms with E-state index in [1.54, 1.807) is 0 Å². The molecule has 0 aliphatic heterocycles. The molecule has 52 heavy (non-hydrogen) atoms. The molecule has 0 saturated carbocycles. The van der Waals surface area contributed by atoms with Crippen LogP contribution in [-0.2, 0) is 9.59 Å². The fraction of sp³-hybridized carbons (Fsp3) is 0.304. The summed E-state index contributed by atoms with van der Waals surface area (Å²) in [6.07, 6.45) is 11.8. The molecular weight excluding hydrogens is 645 g/mol. The number of carbonyl (C=O) groups is 2. The molecule has 5 aromatic carbocycles. The fourth-order valence-corrected chi connectivity index (χ4v) is 5.15. The average molecular weight is 703 g/mol. The number of nitrogens with one attached hydrogen (secondary N) is 1. The summed E-state index contributed by atoms with van der Waals surface area (Å²) in [4.78, 5) is 22.3. The number of anilines is 5. The summed E-state index contributed by atoms with van der Waals surface area (Å²) in [7, 11) is 0. The quantitative estimate of drug-likeness (QED) is 0.0836. The summed E-state index contributed by atoms with van der Waals surface area (Å²) in [5, 5.41) is 19.8. The van der Waals surface area contributed by atoms with E-state index >= 15 is 0 Å². The minimum Gasteiger partial charge on any atom is -0.481 e. The first-order valence-electron chi connectivity index (χ1n) is 18.7. The van der Waals surface area contributed by atoms with Gasteiger partial charge in [0, 0.05) is 41.3 Å². The van der Waals surface area contributed by atoms with Crippen molar-refractivity contribution < 1.29 is 19.8 Å². The van der Waals surface area contributed by atoms with Crippen LogP contribution in [0.2, 0.25) is 0 Å². The Bertz CT molecular complexity index is 1410. The van der Waals surface area contributed by atoms with Crippen LogP contribution in [-0.4, -0.2) is 22.2 Å². The maximum Gasteiger partial charge on any atom is 0.303 e. The largest absolute Gasteiger partial charge is 0.481 e. The summed E-state index contributed by atoms with van der Waals surface area (Å²) >= 11 is 0. The average Bonchev–Trinajstić information content (AvgIpc) is 3.18. The number of nitrogens with zero attached hydrogens (tertiary/aromatic N) is 1. The van der Waals surface area contributed by atoms with Crippen molar-refractivity contribution in [3.05, 3.63) is 152 Å². The molecule has 0 atom stereocenters. The fourth-order valence-electron chi connectivity index (χ4n) is 5.15. The third-order valence-corrected chi connectivity index (χ3v) is 7.87. The van der Waals surface area contributed by atoms with Gasteiger partial charge in [-0.05, 0) is 73.5 Å². The van der Waals surface area contributed by atoms with Crippen LogP contribution in [0.3, 0.4) is 0 Å². The lowest BCUT2D eigenvalue weighted by Crippen LogP contribution is -2.09. The number of benzene rings is 5. The normalized spacial score (nSPS) is 9.81. The minimum atomic E-state index is -0.670. The van der Waals surface area contributed by atoms with Gasteiger partial charge in [-0.2, -0.15) is 0 Å². The maximum atomic E-state index is 10.0. The number of rotatable bonds is 17. The molecule has 0 aliphatic carbocycles. The van der Waals surface area contributed by atoms with Gasteiger partial charge in [0.25, 0.3) is 0 Å². The van der Waals surface area contributed by atoms with Crippen LogP contribution in [0.25, 0.3) is 0 Å². The van der Waals surface area contributed by atoms with E-state index in [1.165, 1.54) is 55.6 Å². The molecule has 0 amide bonds. The van der Waals surface area contributed by atoms with E-state index in [-0.39, 0.29) is 0 Å². The summed E-state index contributed by atoms with van der Waals surface area (Å²) in [5.41, 5.74) is 5.74. The van der Waals surface area contributed by atoms with Crippen molar-refractivity contribution in [1.82, 2.24) is 0 Å². The molecule has 0 radical (unpaired) electrons. The van der Waals surface area contributed by atoms with Gasteiger partial charge in [0.2, 0.25) is 0 Å². The molecule has 0 unspecified atom stereocenters. The van der Waals surface area contributed by atoms with Crippen molar-refractivity contribution in [3.8, 4) is 0 Å². The zero-order valence-corrected chi connectivity index (χ0v) is 31.1. The third-order valence-electron chi connectivity index (χ3n) is 7.87. The molecule has 0 fully saturated rings. The molecule has 0 aliphatic rings. The number of carboxylic acid groups (broad SMARTS) is 2. The van der Waals surface area contributed by atoms with E-state index in [0.29, 0.717) is 12.8 Å². The molecule has 3 N–H and O–H groups in total. The van der Waals surface area contributed by atoms with Gasteiger partial charge < -0.3 is 20.4 Å². The molecule has 0 bridgehead atoms. The lowest BCUT2D eigenvalue weighted by molar-refractivity contribution is -0.138. The zero-order valence-electron chi connectivity index (χ0n) is 31.1. The topological polar surface area (TPSA) is 89.9 Å². The van der Waals surface area contributed by atoms with Crippen LogP contribution in [0.15, 0.2) is 152 Å². The maximum absolute atomic E-state index is 10.0. The second-order valence-corrected chi connectivity index (χ2v) is 12.3. The Morgan fingerprint density at radius 2 is 0.692 bits per heavy atom. The second kappa shape index (κ2) is 28.3. The Balaban J connectivity index is 0.000000252. The SMILES string of the molecule is CCCCCCCC(=O)O.CCCCCCCC(=O)O.c1ccc(N(c2ccccc2)c2ccccc2)cc1.c1ccc(Nc2ccccc2)cc1. The highest BCUT2D eigenvalue weighted by Gasteiger charge is 2.10. The number of hydrogen-bond donors (Lipinski definition) is 3. The molecule has 6 nitrogen and oxygen atoms in total. The van der Waals surface area contributed by atoms with Crippen molar-refractivity contribution >= 4 is 40.4 Å². The van der Waals surface area contributed by atoms with Gasteiger partial charge in [0.1, 0.15) is 0 Å². The Morgan fingerprint density at radius 1 is 0.423 bits per heavy atom. The number of unbranched alkanes of at least 4 members (excludes halogenated alkanes) is 8. The molecule has 0 heterocycles. The summed E-state index contributed by atoms with van der Waals surface area (Å²) < 4.78 is 0. The van der Waals surface area contributed by atoms with Crippen LogP contribution >= 0.6 is 0 Å². The Hall–Kier alpha value is -5.36. The molecule has 276 valence electrons. The van der Waals surface area contributed by atoms with Gasteiger partial charge in [-0.1, -0.05) is 156 Å². The number of carboxylic acids is 2. The second-order valence-electron chi connectivity index (χ2n) is 12.3. The van der Waals surface area contributed by atoms with Crippen LogP contribution in [0.5, 0.6) is 0 Å². The van der Waals surface area contributed by atoms with Crippen molar-refractivity contribution in [1.29, 1.82) is 0 Å². The highest BCUT2D eigenvalue weighted by atomic mass is 16.4. The monoisotopic (exact) mass is 702 g/mol. The minimum absolute atomic E-state index is 0.337. The predicted molar refractivity (Wildman–Crippen MR) is 219 cm³/mol. The highest BCUT2D eigenvalue weighted by Crippen LogP contribution is 2.33. The van der Waals surface area contributed by atoms with Gasteiger partial charge in [0.15, 0.2) is 0 Å². The molecule has 6 heteroatoms. The van der Waals surface area contributed by atoms with Gasteiger partial charge in [-0.3, -0.25) is 9.59 Å². The molecule has 0 spiro atoms. The van der Waals surface area contributed by atoms with Gasteiger partial charge in [-0.25, -0.2) is 0 Å². The van der Waals surface area contributed by atoms with E-state index in [0.717, 1.165) is 37.1 Å².